The SMILES string of the molecule is C=CC(=O)N(C)CC(NC(=O)OC(C)(C)C)C(=O)N1C[C@H](Oc2cc(-c3ccccc3)nc3cc(OC)ccc23)C[C@H]1C(=O)N[C@]1(C(=O)NS(=O)(=O)C2CC2)C[C@H]1C=C. The van der Waals surface area contributed by atoms with Gasteiger partial charge < -0.3 is 34.6 Å². The number of nitrogens with zero attached hydrogens (tertiary/aromatic N) is 3. The van der Waals surface area contributed by atoms with Crippen LogP contribution in [0, 0.1) is 5.92 Å². The van der Waals surface area contributed by atoms with Gasteiger partial charge in [0.05, 0.1) is 36.7 Å². The average Bonchev–Trinajstić information content (AvgIpc) is 4.13. The van der Waals surface area contributed by atoms with Crippen LogP contribution >= 0.6 is 0 Å². The fourth-order valence-corrected chi connectivity index (χ4v) is 8.45. The van der Waals surface area contributed by atoms with E-state index in [1.807, 2.05) is 30.3 Å². The summed E-state index contributed by atoms with van der Waals surface area (Å²) in [6.07, 6.45) is 1.62. The maximum absolute atomic E-state index is 14.7. The van der Waals surface area contributed by atoms with Crippen molar-refractivity contribution >= 4 is 50.6 Å². The molecule has 3 fully saturated rings. The van der Waals surface area contributed by atoms with Gasteiger partial charge in [-0.2, -0.15) is 0 Å². The minimum Gasteiger partial charge on any atom is -0.497 e. The zero-order valence-corrected chi connectivity index (χ0v) is 34.5. The lowest BCUT2D eigenvalue weighted by molar-refractivity contribution is -0.141. The monoisotopic (exact) mass is 830 g/mol. The van der Waals surface area contributed by atoms with Crippen molar-refractivity contribution in [3.8, 4) is 22.8 Å². The van der Waals surface area contributed by atoms with Gasteiger partial charge in [-0.15, -0.1) is 6.58 Å². The number of alkyl carbamates (subject to hydrolysis) is 1. The topological polar surface area (TPSA) is 203 Å². The van der Waals surface area contributed by atoms with Crippen LogP contribution in [0.5, 0.6) is 11.5 Å². The summed E-state index contributed by atoms with van der Waals surface area (Å²) in [5.74, 6) is -2.54. The molecule has 1 unspecified atom stereocenters. The highest BCUT2D eigenvalue weighted by Gasteiger charge is 2.62. The van der Waals surface area contributed by atoms with Crippen molar-refractivity contribution in [3.05, 3.63) is 79.9 Å². The van der Waals surface area contributed by atoms with Gasteiger partial charge in [0.25, 0.3) is 5.91 Å². The standard InChI is InChI=1S/C42H50N6O10S/c1-8-26-22-42(26,39(52)46-59(54,55)29-16-17-29)45-37(50)34-20-28(23-48(34)38(51)33(24-47(6)36(49)9-2)44-40(53)58-41(3,4)5)57-35-21-31(25-13-11-10-12-14-25)43-32-19-27(56-7)15-18-30(32)35/h8-15,18-19,21,26,28-29,33-34H,1-2,16-17,20,22-24H2,3-7H3,(H,44,53)(H,45,50)(H,46,52)/t26-,28-,33?,34+,42-/m1/s1. The summed E-state index contributed by atoms with van der Waals surface area (Å²) >= 11 is 0. The Morgan fingerprint density at radius 1 is 1.07 bits per heavy atom. The number of aromatic nitrogens is 1. The van der Waals surface area contributed by atoms with Gasteiger partial charge >= 0.3 is 6.09 Å². The number of carbonyl (C=O) groups is 5. The summed E-state index contributed by atoms with van der Waals surface area (Å²) in [6.45, 7) is 11.7. The van der Waals surface area contributed by atoms with Gasteiger partial charge in [-0.1, -0.05) is 43.0 Å². The molecule has 17 heteroatoms. The Kier molecular flexibility index (Phi) is 12.1. The number of sulfonamides is 1. The number of carbonyl (C=O) groups excluding carboxylic acids is 5. The number of amides is 5. The second-order valence-electron chi connectivity index (χ2n) is 16.0. The first-order valence-electron chi connectivity index (χ1n) is 19.3. The molecule has 3 aliphatic rings. The first-order chi connectivity index (χ1) is 27.9. The summed E-state index contributed by atoms with van der Waals surface area (Å²) < 4.78 is 45.3. The summed E-state index contributed by atoms with van der Waals surface area (Å²) in [6, 6.07) is 13.8. The van der Waals surface area contributed by atoms with Crippen molar-refractivity contribution in [1.82, 2.24) is 30.1 Å². The second kappa shape index (κ2) is 16.7. The normalized spacial score (nSPS) is 21.7. The average molecular weight is 831 g/mol. The van der Waals surface area contributed by atoms with Crippen LogP contribution in [0.1, 0.15) is 46.5 Å². The largest absolute Gasteiger partial charge is 0.497 e. The molecule has 2 aliphatic carbocycles. The van der Waals surface area contributed by atoms with Crippen molar-refractivity contribution in [2.24, 2.45) is 5.92 Å². The number of pyridine rings is 1. The van der Waals surface area contributed by atoms with E-state index in [4.69, 9.17) is 19.2 Å². The third kappa shape index (κ3) is 9.67. The number of methoxy groups -OCH3 is 1. The molecule has 1 aliphatic heterocycles. The van der Waals surface area contributed by atoms with Crippen LogP contribution in [0.2, 0.25) is 0 Å². The van der Waals surface area contributed by atoms with E-state index in [0.29, 0.717) is 40.9 Å². The summed E-state index contributed by atoms with van der Waals surface area (Å²) in [7, 11) is -0.989. The Labute approximate surface area is 343 Å². The van der Waals surface area contributed by atoms with Crippen LogP contribution in [0.25, 0.3) is 22.2 Å². The first kappa shape index (κ1) is 42.6. The molecule has 5 atom stereocenters. The van der Waals surface area contributed by atoms with Crippen LogP contribution in [-0.4, -0.2) is 115 Å². The second-order valence-corrected chi connectivity index (χ2v) is 18.0. The Bertz CT molecular complexity index is 2280. The Hall–Kier alpha value is -5.97. The number of benzene rings is 2. The van der Waals surface area contributed by atoms with Crippen molar-refractivity contribution in [2.75, 3.05) is 27.2 Å². The van der Waals surface area contributed by atoms with Crippen LogP contribution < -0.4 is 24.8 Å². The van der Waals surface area contributed by atoms with E-state index in [-0.39, 0.29) is 25.9 Å². The molecule has 5 amide bonds. The number of rotatable bonds is 15. The highest BCUT2D eigenvalue weighted by molar-refractivity contribution is 7.91. The molecule has 0 spiro atoms. The number of hydrogen-bond acceptors (Lipinski definition) is 11. The van der Waals surface area contributed by atoms with Gasteiger partial charge in [0.15, 0.2) is 0 Å². The van der Waals surface area contributed by atoms with Gasteiger partial charge in [0, 0.05) is 42.5 Å². The highest BCUT2D eigenvalue weighted by atomic mass is 32.2. The predicted octanol–water partition coefficient (Wildman–Crippen LogP) is 3.47. The number of hydrogen-bond donors (Lipinski definition) is 3. The van der Waals surface area contributed by atoms with Gasteiger partial charge in [-0.3, -0.25) is 23.9 Å². The molecular weight excluding hydrogens is 781 g/mol. The molecule has 314 valence electrons. The number of fused-ring (bicyclic) bond motifs is 1. The summed E-state index contributed by atoms with van der Waals surface area (Å²) in [4.78, 5) is 75.8. The zero-order valence-electron chi connectivity index (χ0n) is 33.7. The minimum atomic E-state index is -3.96. The molecule has 0 bridgehead atoms. The van der Waals surface area contributed by atoms with E-state index in [0.717, 1.165) is 11.6 Å². The van der Waals surface area contributed by atoms with Gasteiger partial charge in [-0.05, 0) is 58.2 Å². The Morgan fingerprint density at radius 2 is 1.78 bits per heavy atom. The molecule has 1 saturated heterocycles. The van der Waals surface area contributed by atoms with E-state index in [1.165, 1.54) is 22.9 Å². The van der Waals surface area contributed by atoms with Crippen molar-refractivity contribution in [1.29, 1.82) is 0 Å². The lowest BCUT2D eigenvalue weighted by Gasteiger charge is -2.31. The number of likely N-dealkylation sites (N-methyl/N-ethyl adjacent to an activating group) is 1. The molecule has 1 aromatic heterocycles. The molecule has 2 heterocycles. The fraction of sp³-hybridized carbons (Fsp3) is 0.429. The molecule has 2 aromatic carbocycles. The minimum absolute atomic E-state index is 0.0738. The third-order valence-corrected chi connectivity index (χ3v) is 12.3. The Morgan fingerprint density at radius 3 is 2.39 bits per heavy atom. The van der Waals surface area contributed by atoms with E-state index in [1.54, 1.807) is 52.1 Å². The van der Waals surface area contributed by atoms with Crippen molar-refractivity contribution < 1.29 is 46.6 Å². The van der Waals surface area contributed by atoms with Gasteiger partial charge in [0.2, 0.25) is 27.7 Å². The number of likely N-dealkylation sites (tertiary alicyclic amines) is 1. The van der Waals surface area contributed by atoms with E-state index < -0.39 is 80.2 Å². The molecule has 16 nitrogen and oxygen atoms in total. The highest BCUT2D eigenvalue weighted by Crippen LogP contribution is 2.45. The van der Waals surface area contributed by atoms with E-state index in [2.05, 4.69) is 28.5 Å². The Balaban J connectivity index is 1.36. The first-order valence-corrected chi connectivity index (χ1v) is 20.8. The van der Waals surface area contributed by atoms with Crippen molar-refractivity contribution in [3.63, 3.8) is 0 Å². The number of ether oxygens (including phenoxy) is 3. The third-order valence-electron chi connectivity index (χ3n) is 10.4. The molecule has 2 saturated carbocycles. The molecule has 59 heavy (non-hydrogen) atoms. The van der Waals surface area contributed by atoms with Crippen molar-refractivity contribution in [2.45, 2.75) is 81.0 Å². The van der Waals surface area contributed by atoms with Crippen LogP contribution in [-0.2, 0) is 33.9 Å². The summed E-state index contributed by atoms with van der Waals surface area (Å²) in [5.41, 5.74) is -0.596. The fourth-order valence-electron chi connectivity index (χ4n) is 7.09. The lowest BCUT2D eigenvalue weighted by Crippen LogP contribution is -2.60. The van der Waals surface area contributed by atoms with E-state index >= 15 is 0 Å². The van der Waals surface area contributed by atoms with E-state index in [9.17, 15) is 32.4 Å². The quantitative estimate of drug-likeness (QED) is 0.150. The molecule has 6 rings (SSSR count). The maximum atomic E-state index is 14.7. The summed E-state index contributed by atoms with van der Waals surface area (Å²) in [5, 5.41) is 5.27. The molecule has 3 N–H and O–H groups in total. The smallest absolute Gasteiger partial charge is 0.408 e. The number of nitrogens with one attached hydrogen (secondary N) is 3. The van der Waals surface area contributed by atoms with Crippen LogP contribution in [0.4, 0.5) is 4.79 Å². The van der Waals surface area contributed by atoms with Crippen LogP contribution in [0.15, 0.2) is 79.9 Å². The molecular formula is C42H50N6O10S. The predicted molar refractivity (Wildman–Crippen MR) is 219 cm³/mol. The lowest BCUT2D eigenvalue weighted by atomic mass is 10.1. The maximum Gasteiger partial charge on any atom is 0.408 e. The van der Waals surface area contributed by atoms with Gasteiger partial charge in [0.1, 0.15) is 40.8 Å². The molecule has 0 radical (unpaired) electrons. The zero-order chi connectivity index (χ0) is 42.9. The van der Waals surface area contributed by atoms with Gasteiger partial charge in [-0.25, -0.2) is 18.2 Å². The molecule has 3 aromatic rings. The van der Waals surface area contributed by atoms with Crippen LogP contribution in [0.3, 0.4) is 0 Å².